The second-order valence-corrected chi connectivity index (χ2v) is 5.27. The van der Waals surface area contributed by atoms with Crippen LogP contribution in [-0.4, -0.2) is 11.0 Å². The van der Waals surface area contributed by atoms with Gasteiger partial charge in [-0.05, 0) is 38.7 Å². The van der Waals surface area contributed by atoms with Crippen molar-refractivity contribution in [3.8, 4) is 0 Å². The Morgan fingerprint density at radius 2 is 1.94 bits per heavy atom. The normalized spacial score (nSPS) is 12.5. The summed E-state index contributed by atoms with van der Waals surface area (Å²) in [4.78, 5) is 10.5. The molecule has 0 aliphatic heterocycles. The molecule has 4 nitrogen and oxygen atoms in total. The monoisotopic (exact) mass is 250 g/mol. The molecule has 0 radical (unpaired) electrons. The molecule has 0 aliphatic rings. The van der Waals surface area contributed by atoms with Crippen LogP contribution in [0, 0.1) is 23.0 Å². The Labute approximate surface area is 109 Å². The van der Waals surface area contributed by atoms with Crippen LogP contribution in [0.1, 0.15) is 39.2 Å². The van der Waals surface area contributed by atoms with E-state index in [9.17, 15) is 10.1 Å². The molecule has 0 saturated carbocycles. The van der Waals surface area contributed by atoms with E-state index in [-0.39, 0.29) is 10.6 Å². The molecule has 0 bridgehead atoms. The molecule has 4 heteroatoms. The van der Waals surface area contributed by atoms with Gasteiger partial charge in [0.1, 0.15) is 0 Å². The van der Waals surface area contributed by atoms with Gasteiger partial charge in [0.15, 0.2) is 0 Å². The second-order valence-electron chi connectivity index (χ2n) is 5.27. The van der Waals surface area contributed by atoms with Gasteiger partial charge in [-0.2, -0.15) is 0 Å². The fourth-order valence-electron chi connectivity index (χ4n) is 1.84. The fourth-order valence-corrected chi connectivity index (χ4v) is 1.84. The molecule has 18 heavy (non-hydrogen) atoms. The van der Waals surface area contributed by atoms with E-state index in [2.05, 4.69) is 26.1 Å². The van der Waals surface area contributed by atoms with Crippen LogP contribution in [0.25, 0.3) is 0 Å². The molecule has 0 fully saturated rings. The van der Waals surface area contributed by atoms with Gasteiger partial charge in [0, 0.05) is 23.4 Å². The summed E-state index contributed by atoms with van der Waals surface area (Å²) in [5.74, 6) is 0.682. The molecule has 0 aliphatic carbocycles. The summed E-state index contributed by atoms with van der Waals surface area (Å²) < 4.78 is 0. The first-order valence-corrected chi connectivity index (χ1v) is 6.41. The molecule has 0 spiro atoms. The Bertz CT molecular complexity index is 416. The van der Waals surface area contributed by atoms with E-state index in [1.54, 1.807) is 19.1 Å². The Morgan fingerprint density at radius 1 is 1.28 bits per heavy atom. The molecule has 1 unspecified atom stereocenters. The Morgan fingerprint density at radius 3 is 2.50 bits per heavy atom. The summed E-state index contributed by atoms with van der Waals surface area (Å²) in [6.07, 6.45) is 2.22. The van der Waals surface area contributed by atoms with Gasteiger partial charge in [0.2, 0.25) is 0 Å². The molecular weight excluding hydrogens is 228 g/mol. The summed E-state index contributed by atoms with van der Waals surface area (Å²) in [7, 11) is 0. The minimum atomic E-state index is -0.334. The zero-order valence-corrected chi connectivity index (χ0v) is 11.6. The quantitative estimate of drug-likeness (QED) is 0.609. The minimum Gasteiger partial charge on any atom is -0.382 e. The minimum absolute atomic E-state index is 0.177. The van der Waals surface area contributed by atoms with Crippen molar-refractivity contribution in [1.82, 2.24) is 0 Å². The van der Waals surface area contributed by atoms with Crippen molar-refractivity contribution in [2.24, 2.45) is 5.92 Å². The van der Waals surface area contributed by atoms with Gasteiger partial charge in [-0.1, -0.05) is 19.9 Å². The van der Waals surface area contributed by atoms with E-state index in [0.29, 0.717) is 17.5 Å². The third kappa shape index (κ3) is 4.35. The second kappa shape index (κ2) is 6.38. The molecule has 0 aromatic heterocycles. The number of rotatable bonds is 6. The highest BCUT2D eigenvalue weighted by molar-refractivity contribution is 5.55. The highest BCUT2D eigenvalue weighted by Gasteiger charge is 2.12. The first kappa shape index (κ1) is 14.5. The van der Waals surface area contributed by atoms with Gasteiger partial charge in [-0.3, -0.25) is 10.1 Å². The zero-order valence-electron chi connectivity index (χ0n) is 11.6. The van der Waals surface area contributed by atoms with Crippen molar-refractivity contribution in [2.75, 3.05) is 5.32 Å². The van der Waals surface area contributed by atoms with Crippen molar-refractivity contribution in [3.05, 3.63) is 33.9 Å². The van der Waals surface area contributed by atoms with Crippen LogP contribution in [0.4, 0.5) is 11.4 Å². The smallest absolute Gasteiger partial charge is 0.274 e. The summed E-state index contributed by atoms with van der Waals surface area (Å²) in [5, 5.41) is 14.2. The van der Waals surface area contributed by atoms with Gasteiger partial charge in [0.05, 0.1) is 4.92 Å². The summed E-state index contributed by atoms with van der Waals surface area (Å²) in [6.45, 7) is 8.26. The van der Waals surface area contributed by atoms with Crippen molar-refractivity contribution in [1.29, 1.82) is 0 Å². The molecular formula is C14H22N2O2. The van der Waals surface area contributed by atoms with E-state index in [1.165, 1.54) is 0 Å². The van der Waals surface area contributed by atoms with E-state index in [0.717, 1.165) is 18.5 Å². The fraction of sp³-hybridized carbons (Fsp3) is 0.571. The SMILES string of the molecule is Cc1ccc(NC(C)CCC(C)C)cc1[N+](=O)[O-]. The van der Waals surface area contributed by atoms with Crippen LogP contribution in [0.5, 0.6) is 0 Å². The van der Waals surface area contributed by atoms with E-state index in [1.807, 2.05) is 6.07 Å². The summed E-state index contributed by atoms with van der Waals surface area (Å²) in [6, 6.07) is 5.63. The number of benzene rings is 1. The van der Waals surface area contributed by atoms with Gasteiger partial charge in [-0.25, -0.2) is 0 Å². The molecule has 1 aromatic carbocycles. The van der Waals surface area contributed by atoms with E-state index >= 15 is 0 Å². The van der Waals surface area contributed by atoms with Crippen LogP contribution >= 0.6 is 0 Å². The summed E-state index contributed by atoms with van der Waals surface area (Å²) in [5.41, 5.74) is 1.69. The van der Waals surface area contributed by atoms with Crippen molar-refractivity contribution < 1.29 is 4.92 Å². The lowest BCUT2D eigenvalue weighted by atomic mass is 10.0. The highest BCUT2D eigenvalue weighted by Crippen LogP contribution is 2.23. The van der Waals surface area contributed by atoms with Crippen LogP contribution < -0.4 is 5.32 Å². The Hall–Kier alpha value is -1.58. The Balaban J connectivity index is 2.67. The number of nitro benzene ring substituents is 1. The number of nitro groups is 1. The number of nitrogens with one attached hydrogen (secondary N) is 1. The lowest BCUT2D eigenvalue weighted by Crippen LogP contribution is -2.15. The molecule has 0 saturated heterocycles. The summed E-state index contributed by atoms with van der Waals surface area (Å²) >= 11 is 0. The van der Waals surface area contributed by atoms with Gasteiger partial charge in [-0.15, -0.1) is 0 Å². The van der Waals surface area contributed by atoms with E-state index in [4.69, 9.17) is 0 Å². The number of anilines is 1. The maximum atomic E-state index is 10.9. The topological polar surface area (TPSA) is 55.2 Å². The number of hydrogen-bond donors (Lipinski definition) is 1. The van der Waals surface area contributed by atoms with Crippen LogP contribution in [0.15, 0.2) is 18.2 Å². The molecule has 1 atom stereocenters. The first-order valence-electron chi connectivity index (χ1n) is 6.41. The van der Waals surface area contributed by atoms with E-state index < -0.39 is 0 Å². The molecule has 1 rings (SSSR count). The zero-order chi connectivity index (χ0) is 13.7. The van der Waals surface area contributed by atoms with Crippen LogP contribution in [0.3, 0.4) is 0 Å². The predicted molar refractivity (Wildman–Crippen MR) is 75.0 cm³/mol. The lowest BCUT2D eigenvalue weighted by molar-refractivity contribution is -0.385. The molecule has 0 heterocycles. The van der Waals surface area contributed by atoms with Crippen molar-refractivity contribution in [2.45, 2.75) is 46.6 Å². The van der Waals surface area contributed by atoms with Gasteiger partial charge >= 0.3 is 0 Å². The highest BCUT2D eigenvalue weighted by atomic mass is 16.6. The van der Waals surface area contributed by atoms with Gasteiger partial charge in [0.25, 0.3) is 5.69 Å². The maximum Gasteiger partial charge on any atom is 0.274 e. The van der Waals surface area contributed by atoms with Gasteiger partial charge < -0.3 is 5.32 Å². The molecule has 1 aromatic rings. The standard InChI is InChI=1S/C14H22N2O2/c1-10(2)5-7-12(4)15-13-8-6-11(3)14(9-13)16(17)18/h6,8-10,12,15H,5,7H2,1-4H3. The van der Waals surface area contributed by atoms with Crippen LogP contribution in [0.2, 0.25) is 0 Å². The largest absolute Gasteiger partial charge is 0.382 e. The average molecular weight is 250 g/mol. The Kier molecular flexibility index (Phi) is 5.13. The first-order chi connectivity index (χ1) is 8.40. The number of aryl methyl sites for hydroxylation is 1. The molecule has 0 amide bonds. The third-order valence-electron chi connectivity index (χ3n) is 3.00. The average Bonchev–Trinajstić information content (AvgIpc) is 2.28. The maximum absolute atomic E-state index is 10.9. The molecule has 100 valence electrons. The van der Waals surface area contributed by atoms with Crippen LogP contribution in [-0.2, 0) is 0 Å². The number of hydrogen-bond acceptors (Lipinski definition) is 3. The number of nitrogens with zero attached hydrogens (tertiary/aromatic N) is 1. The molecule has 1 N–H and O–H groups in total. The third-order valence-corrected chi connectivity index (χ3v) is 3.00. The lowest BCUT2D eigenvalue weighted by Gasteiger charge is -2.16. The van der Waals surface area contributed by atoms with Crippen molar-refractivity contribution >= 4 is 11.4 Å². The van der Waals surface area contributed by atoms with Crippen molar-refractivity contribution in [3.63, 3.8) is 0 Å². The predicted octanol–water partition coefficient (Wildman–Crippen LogP) is 4.14.